The number of benzene rings is 3. The van der Waals surface area contributed by atoms with Gasteiger partial charge in [-0.05, 0) is 48.9 Å². The Bertz CT molecular complexity index is 1130. The Morgan fingerprint density at radius 1 is 1.09 bits per heavy atom. The van der Waals surface area contributed by atoms with Gasteiger partial charge in [-0.1, -0.05) is 54.1 Å². The summed E-state index contributed by atoms with van der Waals surface area (Å²) < 4.78 is 11.2. The van der Waals surface area contributed by atoms with E-state index in [-0.39, 0.29) is 19.0 Å². The highest BCUT2D eigenvalue weighted by atomic mass is 35.5. The summed E-state index contributed by atoms with van der Waals surface area (Å²) in [5.74, 6) is 0.195. The number of anilines is 1. The van der Waals surface area contributed by atoms with Gasteiger partial charge in [0.15, 0.2) is 6.73 Å². The maximum Gasteiger partial charge on any atom is 0.312 e. The molecule has 0 aliphatic carbocycles. The van der Waals surface area contributed by atoms with Gasteiger partial charge in [-0.3, -0.25) is 10.2 Å². The lowest BCUT2D eigenvalue weighted by atomic mass is 10.0. The van der Waals surface area contributed by atoms with E-state index in [9.17, 15) is 4.79 Å². The van der Waals surface area contributed by atoms with E-state index in [0.29, 0.717) is 28.5 Å². The van der Waals surface area contributed by atoms with Gasteiger partial charge in [0.1, 0.15) is 11.6 Å². The monoisotopic (exact) mass is 463 g/mol. The van der Waals surface area contributed by atoms with E-state index in [1.807, 2.05) is 55.5 Å². The van der Waals surface area contributed by atoms with Gasteiger partial charge in [0.25, 0.3) is 0 Å². The fraction of sp³-hybridized carbons (Fsp3) is 0.154. The van der Waals surface area contributed by atoms with E-state index in [0.717, 1.165) is 16.8 Å². The highest BCUT2D eigenvalue weighted by molar-refractivity contribution is 6.31. The molecule has 3 aromatic carbocycles. The molecule has 0 saturated carbocycles. The van der Waals surface area contributed by atoms with Crippen molar-refractivity contribution in [2.45, 2.75) is 13.3 Å². The van der Waals surface area contributed by atoms with Crippen LogP contribution in [0.3, 0.4) is 0 Å². The zero-order valence-corrected chi connectivity index (χ0v) is 19.1. The second kappa shape index (κ2) is 11.7. The van der Waals surface area contributed by atoms with Gasteiger partial charge in [0.05, 0.1) is 13.0 Å². The van der Waals surface area contributed by atoms with Gasteiger partial charge in [-0.25, -0.2) is 0 Å². The molecule has 0 bridgehead atoms. The van der Waals surface area contributed by atoms with Gasteiger partial charge in [-0.15, -0.1) is 0 Å². The molecule has 170 valence electrons. The number of esters is 1. The Morgan fingerprint density at radius 3 is 2.48 bits per heavy atom. The van der Waals surface area contributed by atoms with Crippen LogP contribution in [-0.4, -0.2) is 25.1 Å². The minimum Gasteiger partial charge on any atom is -0.493 e. The first kappa shape index (κ1) is 23.9. The molecule has 0 saturated heterocycles. The molecular formula is C26H26ClN3O3. The van der Waals surface area contributed by atoms with Crippen LogP contribution in [-0.2, 0) is 16.0 Å². The smallest absolute Gasteiger partial charge is 0.312 e. The van der Waals surface area contributed by atoms with Gasteiger partial charge >= 0.3 is 5.97 Å². The molecule has 0 heterocycles. The molecule has 3 aromatic rings. The van der Waals surface area contributed by atoms with Gasteiger partial charge < -0.3 is 20.5 Å². The van der Waals surface area contributed by atoms with E-state index in [4.69, 9.17) is 32.2 Å². The number of nitrogens with two attached hydrogens (primary N) is 1. The van der Waals surface area contributed by atoms with Gasteiger partial charge in [0, 0.05) is 27.4 Å². The van der Waals surface area contributed by atoms with Crippen LogP contribution in [0.2, 0.25) is 5.02 Å². The van der Waals surface area contributed by atoms with E-state index in [1.54, 1.807) is 30.3 Å². The van der Waals surface area contributed by atoms with Crippen LogP contribution in [0.5, 0.6) is 5.75 Å². The molecule has 0 aliphatic heterocycles. The topological polar surface area (TPSA) is 97.4 Å². The highest BCUT2D eigenvalue weighted by Gasteiger charge is 2.15. The minimum absolute atomic E-state index is 0.00224. The second-order valence-corrected chi connectivity index (χ2v) is 7.60. The number of rotatable bonds is 10. The van der Waals surface area contributed by atoms with Crippen LogP contribution in [0, 0.1) is 5.41 Å². The maximum absolute atomic E-state index is 12.5. The molecule has 0 aliphatic rings. The van der Waals surface area contributed by atoms with Crippen molar-refractivity contribution in [2.75, 3.05) is 18.7 Å². The molecule has 0 aromatic heterocycles. The van der Waals surface area contributed by atoms with Crippen LogP contribution >= 0.6 is 11.6 Å². The molecule has 6 nitrogen and oxygen atoms in total. The summed E-state index contributed by atoms with van der Waals surface area (Å²) in [4.78, 5) is 12.5. The number of nitrogen functional groups attached to an aromatic ring is 1. The third-order valence-electron chi connectivity index (χ3n) is 4.74. The highest BCUT2D eigenvalue weighted by Crippen LogP contribution is 2.31. The number of carbonyl (C=O) groups is 1. The Kier molecular flexibility index (Phi) is 8.49. The molecule has 0 radical (unpaired) electrons. The summed E-state index contributed by atoms with van der Waals surface area (Å²) >= 11 is 6.33. The number of hydrogen-bond acceptors (Lipinski definition) is 5. The Balaban J connectivity index is 1.67. The minimum atomic E-state index is -0.413. The average molecular weight is 464 g/mol. The van der Waals surface area contributed by atoms with Crippen molar-refractivity contribution >= 4 is 41.2 Å². The maximum atomic E-state index is 12.5. The molecule has 0 atom stereocenters. The molecular weight excluding hydrogens is 438 g/mol. The van der Waals surface area contributed by atoms with E-state index < -0.39 is 5.97 Å². The van der Waals surface area contributed by atoms with Gasteiger partial charge in [-0.2, -0.15) is 0 Å². The number of hydrogen-bond donors (Lipinski definition) is 3. The first-order valence-corrected chi connectivity index (χ1v) is 10.9. The predicted octanol–water partition coefficient (Wildman–Crippen LogP) is 5.35. The van der Waals surface area contributed by atoms with Crippen molar-refractivity contribution in [3.63, 3.8) is 0 Å². The first-order chi connectivity index (χ1) is 16.0. The van der Waals surface area contributed by atoms with E-state index >= 15 is 0 Å². The largest absolute Gasteiger partial charge is 0.493 e. The van der Waals surface area contributed by atoms with Crippen molar-refractivity contribution in [2.24, 2.45) is 5.73 Å². The molecule has 0 spiro atoms. The summed E-state index contributed by atoms with van der Waals surface area (Å²) in [5, 5.41) is 10.9. The fourth-order valence-electron chi connectivity index (χ4n) is 3.17. The molecule has 7 heteroatoms. The van der Waals surface area contributed by atoms with Crippen LogP contribution in [0.15, 0.2) is 66.7 Å². The lowest BCUT2D eigenvalue weighted by Crippen LogP contribution is -2.15. The van der Waals surface area contributed by atoms with Crippen molar-refractivity contribution in [1.29, 1.82) is 5.41 Å². The number of carbonyl (C=O) groups excluding carboxylic acids is 1. The lowest BCUT2D eigenvalue weighted by molar-refractivity contribution is -0.142. The Labute approximate surface area is 198 Å². The number of halogens is 1. The summed E-state index contributed by atoms with van der Waals surface area (Å²) in [5.41, 5.74) is 9.32. The van der Waals surface area contributed by atoms with E-state index in [2.05, 4.69) is 5.32 Å². The zero-order chi connectivity index (χ0) is 23.6. The van der Waals surface area contributed by atoms with Crippen molar-refractivity contribution in [3.05, 3.63) is 94.0 Å². The third-order valence-corrected chi connectivity index (χ3v) is 4.96. The first-order valence-electron chi connectivity index (χ1n) is 10.5. The van der Waals surface area contributed by atoms with Crippen LogP contribution in [0.25, 0.3) is 12.2 Å². The van der Waals surface area contributed by atoms with Crippen LogP contribution in [0.4, 0.5) is 5.69 Å². The molecule has 0 amide bonds. The standard InChI is InChI=1S/C26H26ClN3O3/c1-2-32-25-20(9-8-18-6-4-3-5-7-18)14-22(27)15-21(25)16-24(31)33-17-30-23-12-10-19(11-13-23)26(28)29/h3-15,30H,2,16-17H2,1H3,(H3,28,29)/b9-8+. The number of ether oxygens (including phenoxy) is 2. The molecule has 4 N–H and O–H groups in total. The molecule has 0 fully saturated rings. The third kappa shape index (κ3) is 7.12. The summed E-state index contributed by atoms with van der Waals surface area (Å²) in [7, 11) is 0. The number of amidine groups is 1. The quantitative estimate of drug-likeness (QED) is 0.124. The van der Waals surface area contributed by atoms with Gasteiger partial charge in [0.2, 0.25) is 0 Å². The zero-order valence-electron chi connectivity index (χ0n) is 18.3. The Hall–Kier alpha value is -3.77. The summed E-state index contributed by atoms with van der Waals surface area (Å²) in [6.45, 7) is 2.35. The normalized spacial score (nSPS) is 10.7. The summed E-state index contributed by atoms with van der Waals surface area (Å²) in [6, 6.07) is 20.4. The lowest BCUT2D eigenvalue weighted by Gasteiger charge is -2.14. The van der Waals surface area contributed by atoms with Crippen LogP contribution in [0.1, 0.15) is 29.2 Å². The molecule has 33 heavy (non-hydrogen) atoms. The average Bonchev–Trinajstić information content (AvgIpc) is 2.80. The predicted molar refractivity (Wildman–Crippen MR) is 134 cm³/mol. The van der Waals surface area contributed by atoms with Crippen LogP contribution < -0.4 is 15.8 Å². The SMILES string of the molecule is CCOc1c(/C=C/c2ccccc2)cc(Cl)cc1CC(=O)OCNc1ccc(C(=N)N)cc1. The van der Waals surface area contributed by atoms with Crippen molar-refractivity contribution in [1.82, 2.24) is 0 Å². The molecule has 0 unspecified atom stereocenters. The van der Waals surface area contributed by atoms with Crippen molar-refractivity contribution in [3.8, 4) is 5.75 Å². The van der Waals surface area contributed by atoms with E-state index in [1.165, 1.54) is 0 Å². The molecule has 3 rings (SSSR count). The van der Waals surface area contributed by atoms with Crippen molar-refractivity contribution < 1.29 is 14.3 Å². The fourth-order valence-corrected chi connectivity index (χ4v) is 3.42. The summed E-state index contributed by atoms with van der Waals surface area (Å²) in [6.07, 6.45) is 3.91. The Morgan fingerprint density at radius 2 is 1.82 bits per heavy atom. The second-order valence-electron chi connectivity index (χ2n) is 7.17. The number of nitrogens with one attached hydrogen (secondary N) is 2.